The van der Waals surface area contributed by atoms with E-state index in [9.17, 15) is 4.79 Å². The molecule has 0 radical (unpaired) electrons. The molecule has 1 amide bonds. The Morgan fingerprint density at radius 1 is 1.39 bits per heavy atom. The van der Waals surface area contributed by atoms with Crippen LogP contribution in [0.15, 0.2) is 12.1 Å². The van der Waals surface area contributed by atoms with Crippen molar-refractivity contribution in [3.05, 3.63) is 28.0 Å². The predicted octanol–water partition coefficient (Wildman–Crippen LogP) is 3.54. The lowest BCUT2D eigenvalue weighted by Gasteiger charge is -2.21. The van der Waals surface area contributed by atoms with Gasteiger partial charge in [0, 0.05) is 25.1 Å². The van der Waals surface area contributed by atoms with E-state index < -0.39 is 0 Å². The summed E-state index contributed by atoms with van der Waals surface area (Å²) in [6.07, 6.45) is 2.64. The van der Waals surface area contributed by atoms with Crippen LogP contribution in [0.2, 0.25) is 10.3 Å². The molecule has 98 valence electrons. The zero-order valence-electron chi connectivity index (χ0n) is 10.3. The molecule has 0 aliphatic carbocycles. The lowest BCUT2D eigenvalue weighted by molar-refractivity contribution is -0.131. The van der Waals surface area contributed by atoms with Crippen molar-refractivity contribution in [1.29, 1.82) is 0 Å². The number of nitrogens with zero attached hydrogens (tertiary/aromatic N) is 2. The van der Waals surface area contributed by atoms with E-state index in [2.05, 4.69) is 11.9 Å². The highest BCUT2D eigenvalue weighted by Crippen LogP contribution is 2.22. The standard InChI is InChI=1S/C13H16Cl2N2O/c1-9-2-5-12(18)17(7-6-9)8-10-3-4-11(14)16-13(10)15/h3-4,9H,2,5-8H2,1H3. The summed E-state index contributed by atoms with van der Waals surface area (Å²) in [6.45, 7) is 3.50. The molecule has 1 unspecified atom stereocenters. The Bertz CT molecular complexity index is 451. The first kappa shape index (κ1) is 13.6. The topological polar surface area (TPSA) is 33.2 Å². The molecule has 1 aromatic heterocycles. The highest BCUT2D eigenvalue weighted by molar-refractivity contribution is 6.32. The van der Waals surface area contributed by atoms with Crippen LogP contribution in [-0.2, 0) is 11.3 Å². The molecule has 0 spiro atoms. The fraction of sp³-hybridized carbons (Fsp3) is 0.538. The number of carbonyl (C=O) groups excluding carboxylic acids is 1. The van der Waals surface area contributed by atoms with Gasteiger partial charge in [0.2, 0.25) is 5.91 Å². The minimum absolute atomic E-state index is 0.199. The van der Waals surface area contributed by atoms with Crippen molar-refractivity contribution in [1.82, 2.24) is 9.88 Å². The van der Waals surface area contributed by atoms with Gasteiger partial charge in [-0.05, 0) is 24.8 Å². The van der Waals surface area contributed by atoms with Crippen molar-refractivity contribution in [3.63, 3.8) is 0 Å². The Balaban J connectivity index is 2.09. The lowest BCUT2D eigenvalue weighted by Crippen LogP contribution is -2.29. The number of rotatable bonds is 2. The molecule has 0 bridgehead atoms. The second-order valence-electron chi connectivity index (χ2n) is 4.83. The van der Waals surface area contributed by atoms with E-state index in [-0.39, 0.29) is 5.91 Å². The van der Waals surface area contributed by atoms with E-state index in [1.807, 2.05) is 11.0 Å². The van der Waals surface area contributed by atoms with Gasteiger partial charge in [0.25, 0.3) is 0 Å². The van der Waals surface area contributed by atoms with Gasteiger partial charge in [0.15, 0.2) is 0 Å². The average Bonchev–Trinajstić information content (AvgIpc) is 2.47. The molecule has 1 fully saturated rings. The van der Waals surface area contributed by atoms with Gasteiger partial charge in [-0.25, -0.2) is 4.98 Å². The summed E-state index contributed by atoms with van der Waals surface area (Å²) in [5.74, 6) is 0.808. The molecule has 1 saturated heterocycles. The van der Waals surface area contributed by atoms with Crippen molar-refractivity contribution in [2.45, 2.75) is 32.7 Å². The molecule has 2 heterocycles. The minimum Gasteiger partial charge on any atom is -0.338 e. The van der Waals surface area contributed by atoms with Gasteiger partial charge in [-0.3, -0.25) is 4.79 Å². The maximum Gasteiger partial charge on any atom is 0.222 e. The van der Waals surface area contributed by atoms with Crippen molar-refractivity contribution in [2.75, 3.05) is 6.54 Å². The number of hydrogen-bond acceptors (Lipinski definition) is 2. The number of amides is 1. The molecule has 0 saturated carbocycles. The molecule has 18 heavy (non-hydrogen) atoms. The molecule has 1 aliphatic rings. The van der Waals surface area contributed by atoms with E-state index in [1.54, 1.807) is 6.07 Å². The van der Waals surface area contributed by atoms with Crippen LogP contribution in [0, 0.1) is 5.92 Å². The molecule has 3 nitrogen and oxygen atoms in total. The van der Waals surface area contributed by atoms with Gasteiger partial charge in [0.1, 0.15) is 10.3 Å². The number of aromatic nitrogens is 1. The summed E-state index contributed by atoms with van der Waals surface area (Å²) >= 11 is 11.8. The number of likely N-dealkylation sites (tertiary alicyclic amines) is 1. The molecular weight excluding hydrogens is 271 g/mol. The molecule has 1 aromatic rings. The quantitative estimate of drug-likeness (QED) is 0.779. The Morgan fingerprint density at radius 2 is 2.17 bits per heavy atom. The first-order valence-electron chi connectivity index (χ1n) is 6.15. The van der Waals surface area contributed by atoms with Crippen molar-refractivity contribution in [2.24, 2.45) is 5.92 Å². The van der Waals surface area contributed by atoms with E-state index in [4.69, 9.17) is 23.2 Å². The van der Waals surface area contributed by atoms with Crippen LogP contribution in [-0.4, -0.2) is 22.3 Å². The Labute approximate surface area is 117 Å². The van der Waals surface area contributed by atoms with Gasteiger partial charge < -0.3 is 4.90 Å². The molecule has 5 heteroatoms. The van der Waals surface area contributed by atoms with Crippen LogP contribution in [0.4, 0.5) is 0 Å². The fourth-order valence-corrected chi connectivity index (χ4v) is 2.51. The summed E-state index contributed by atoms with van der Waals surface area (Å²) in [5.41, 5.74) is 0.851. The van der Waals surface area contributed by atoms with Crippen LogP contribution in [0.5, 0.6) is 0 Å². The SMILES string of the molecule is CC1CCC(=O)N(Cc2ccc(Cl)nc2Cl)CC1. The third kappa shape index (κ3) is 3.36. The van der Waals surface area contributed by atoms with E-state index in [0.29, 0.717) is 29.2 Å². The summed E-state index contributed by atoms with van der Waals surface area (Å²) < 4.78 is 0. The highest BCUT2D eigenvalue weighted by atomic mass is 35.5. The molecule has 1 atom stereocenters. The molecule has 2 rings (SSSR count). The third-order valence-corrected chi connectivity index (χ3v) is 3.89. The Morgan fingerprint density at radius 3 is 2.89 bits per heavy atom. The maximum absolute atomic E-state index is 12.0. The van der Waals surface area contributed by atoms with Gasteiger partial charge in [0.05, 0.1) is 0 Å². The summed E-state index contributed by atoms with van der Waals surface area (Å²) in [5, 5.41) is 0.757. The van der Waals surface area contributed by atoms with Crippen LogP contribution in [0.25, 0.3) is 0 Å². The van der Waals surface area contributed by atoms with Crippen LogP contribution in [0.1, 0.15) is 31.7 Å². The highest BCUT2D eigenvalue weighted by Gasteiger charge is 2.21. The van der Waals surface area contributed by atoms with Crippen molar-refractivity contribution < 1.29 is 4.79 Å². The van der Waals surface area contributed by atoms with Gasteiger partial charge in [-0.2, -0.15) is 0 Å². The Hall–Kier alpha value is -0.800. The van der Waals surface area contributed by atoms with Gasteiger partial charge in [-0.1, -0.05) is 36.2 Å². The predicted molar refractivity (Wildman–Crippen MR) is 72.7 cm³/mol. The zero-order valence-corrected chi connectivity index (χ0v) is 11.8. The molecular formula is C13H16Cl2N2O. The molecule has 1 aliphatic heterocycles. The number of hydrogen-bond donors (Lipinski definition) is 0. The molecule has 0 aromatic carbocycles. The van der Waals surface area contributed by atoms with Crippen LogP contribution < -0.4 is 0 Å². The zero-order chi connectivity index (χ0) is 13.1. The monoisotopic (exact) mass is 286 g/mol. The molecule has 0 N–H and O–H groups in total. The average molecular weight is 287 g/mol. The first-order chi connectivity index (χ1) is 8.56. The largest absolute Gasteiger partial charge is 0.338 e. The lowest BCUT2D eigenvalue weighted by atomic mass is 10.0. The summed E-state index contributed by atoms with van der Waals surface area (Å²) in [4.78, 5) is 17.8. The fourth-order valence-electron chi connectivity index (χ4n) is 2.11. The second-order valence-corrected chi connectivity index (χ2v) is 5.58. The van der Waals surface area contributed by atoms with E-state index in [1.165, 1.54) is 0 Å². The maximum atomic E-state index is 12.0. The van der Waals surface area contributed by atoms with Gasteiger partial charge >= 0.3 is 0 Å². The second kappa shape index (κ2) is 5.89. The summed E-state index contributed by atoms with van der Waals surface area (Å²) in [6, 6.07) is 3.53. The van der Waals surface area contributed by atoms with E-state index in [0.717, 1.165) is 24.9 Å². The minimum atomic E-state index is 0.199. The van der Waals surface area contributed by atoms with Crippen LogP contribution >= 0.6 is 23.2 Å². The number of pyridine rings is 1. The third-order valence-electron chi connectivity index (χ3n) is 3.35. The van der Waals surface area contributed by atoms with Crippen molar-refractivity contribution in [3.8, 4) is 0 Å². The number of halogens is 2. The Kier molecular flexibility index (Phi) is 4.46. The smallest absolute Gasteiger partial charge is 0.222 e. The van der Waals surface area contributed by atoms with Gasteiger partial charge in [-0.15, -0.1) is 0 Å². The number of carbonyl (C=O) groups is 1. The normalized spacial score (nSPS) is 20.9. The first-order valence-corrected chi connectivity index (χ1v) is 6.90. The van der Waals surface area contributed by atoms with Crippen LogP contribution in [0.3, 0.4) is 0 Å². The van der Waals surface area contributed by atoms with E-state index >= 15 is 0 Å². The van der Waals surface area contributed by atoms with Crippen molar-refractivity contribution >= 4 is 29.1 Å². The summed E-state index contributed by atoms with van der Waals surface area (Å²) in [7, 11) is 0.